The molecule has 0 spiro atoms. The van der Waals surface area contributed by atoms with Crippen LogP contribution in [-0.4, -0.2) is 70.9 Å². The molecule has 54 heavy (non-hydrogen) atoms. The molecule has 2 aromatic carbocycles. The molecule has 2 aromatic heterocycles. The van der Waals surface area contributed by atoms with Crippen molar-refractivity contribution in [3.8, 4) is 0 Å². The number of nitrogens with zero attached hydrogens (tertiary/aromatic N) is 2. The number of para-hydroxylation sites is 1. The Labute approximate surface area is 321 Å². The van der Waals surface area contributed by atoms with Gasteiger partial charge in [0, 0.05) is 54.2 Å². The number of pyridine rings is 1. The van der Waals surface area contributed by atoms with Gasteiger partial charge in [0.1, 0.15) is 17.1 Å². The van der Waals surface area contributed by atoms with Gasteiger partial charge in [-0.05, 0) is 93.1 Å². The minimum Gasteiger partial charge on any atom is -0.358 e. The number of hydrogen-bond acceptors (Lipinski definition) is 8. The SMILES string of the molecule is Cc1[nH]c2ccccc2c1C[C@H]1C(=O)NCc2c(C(F)(F)F)ccc(Cl)c2Sc2ncccc2CN[C@@H](CCCN)C(=O)N[C@@H](CCCCN)C(=O)N1C. The Balaban J connectivity index is 1.64. The molecule has 4 aromatic rings. The number of benzene rings is 2. The maximum Gasteiger partial charge on any atom is 0.416 e. The van der Waals surface area contributed by atoms with Gasteiger partial charge >= 0.3 is 6.18 Å². The Morgan fingerprint density at radius 1 is 0.944 bits per heavy atom. The van der Waals surface area contributed by atoms with Gasteiger partial charge in [0.2, 0.25) is 17.7 Å². The summed E-state index contributed by atoms with van der Waals surface area (Å²) in [6.45, 7) is 2.14. The highest BCUT2D eigenvalue weighted by Gasteiger charge is 2.37. The van der Waals surface area contributed by atoms with Crippen molar-refractivity contribution in [1.29, 1.82) is 0 Å². The highest BCUT2D eigenvalue weighted by molar-refractivity contribution is 7.99. The van der Waals surface area contributed by atoms with E-state index in [0.717, 1.165) is 40.0 Å². The summed E-state index contributed by atoms with van der Waals surface area (Å²) in [5, 5.41) is 10.2. The quantitative estimate of drug-likeness (QED) is 0.126. The maximum atomic E-state index is 14.6. The molecule has 0 saturated carbocycles. The molecule has 5 rings (SSSR count). The van der Waals surface area contributed by atoms with Crippen LogP contribution in [-0.2, 0) is 40.1 Å². The van der Waals surface area contributed by atoms with E-state index in [1.165, 1.54) is 24.2 Å². The van der Waals surface area contributed by atoms with Crippen molar-refractivity contribution >= 4 is 52.0 Å². The summed E-state index contributed by atoms with van der Waals surface area (Å²) in [7, 11) is 1.47. The number of carbonyl (C=O) groups is 3. The third-order valence-corrected chi connectivity index (χ3v) is 11.3. The lowest BCUT2D eigenvalue weighted by Crippen LogP contribution is -2.57. The minimum atomic E-state index is -4.78. The Bertz CT molecular complexity index is 1960. The van der Waals surface area contributed by atoms with Crippen LogP contribution in [0.25, 0.3) is 10.9 Å². The van der Waals surface area contributed by atoms with Crippen LogP contribution in [0.4, 0.5) is 13.2 Å². The Morgan fingerprint density at radius 2 is 1.69 bits per heavy atom. The van der Waals surface area contributed by atoms with Gasteiger partial charge in [0.25, 0.3) is 0 Å². The number of hydrogen-bond donors (Lipinski definition) is 6. The van der Waals surface area contributed by atoms with Crippen molar-refractivity contribution in [3.63, 3.8) is 0 Å². The average molecular weight is 787 g/mol. The molecule has 3 atom stereocenters. The number of aryl methyl sites for hydroxylation is 1. The largest absolute Gasteiger partial charge is 0.416 e. The van der Waals surface area contributed by atoms with E-state index in [1.54, 1.807) is 12.1 Å². The molecule has 0 saturated heterocycles. The highest BCUT2D eigenvalue weighted by atomic mass is 35.5. The van der Waals surface area contributed by atoms with Crippen LogP contribution in [0, 0.1) is 6.92 Å². The average Bonchev–Trinajstić information content (AvgIpc) is 3.46. The second-order valence-corrected chi connectivity index (χ2v) is 14.7. The van der Waals surface area contributed by atoms with Gasteiger partial charge in [-0.15, -0.1) is 0 Å². The van der Waals surface area contributed by atoms with E-state index in [0.29, 0.717) is 49.4 Å². The molecule has 16 heteroatoms. The molecular weight excluding hydrogens is 741 g/mol. The molecule has 1 aliphatic rings. The van der Waals surface area contributed by atoms with Crippen LogP contribution in [0.3, 0.4) is 0 Å². The maximum absolute atomic E-state index is 14.6. The van der Waals surface area contributed by atoms with Crippen molar-refractivity contribution < 1.29 is 27.6 Å². The molecule has 8 N–H and O–H groups in total. The van der Waals surface area contributed by atoms with Gasteiger partial charge in [0.05, 0.1) is 16.6 Å². The fourth-order valence-corrected chi connectivity index (χ4v) is 8.03. The molecule has 0 aliphatic carbocycles. The van der Waals surface area contributed by atoms with Crippen molar-refractivity contribution in [2.24, 2.45) is 11.5 Å². The van der Waals surface area contributed by atoms with E-state index in [1.807, 2.05) is 31.2 Å². The summed E-state index contributed by atoms with van der Waals surface area (Å²) in [5.41, 5.74) is 13.4. The number of amides is 3. The number of unbranched alkanes of at least 4 members (excludes halogenated alkanes) is 1. The topological polar surface area (TPSA) is 171 Å². The number of carbonyl (C=O) groups excluding carboxylic acids is 3. The van der Waals surface area contributed by atoms with Gasteiger partial charge in [-0.1, -0.05) is 47.6 Å². The Morgan fingerprint density at radius 3 is 2.43 bits per heavy atom. The summed E-state index contributed by atoms with van der Waals surface area (Å²) < 4.78 is 43.8. The van der Waals surface area contributed by atoms with Gasteiger partial charge < -0.3 is 37.3 Å². The molecular formula is C38H46ClF3N8O3S. The molecule has 0 bridgehead atoms. The fourth-order valence-electron chi connectivity index (χ4n) is 6.69. The number of fused-ring (bicyclic) bond motifs is 3. The molecule has 0 fully saturated rings. The number of rotatable bonds is 9. The zero-order valence-electron chi connectivity index (χ0n) is 30.2. The predicted octanol–water partition coefficient (Wildman–Crippen LogP) is 5.21. The number of H-pyrrole nitrogens is 1. The van der Waals surface area contributed by atoms with Crippen LogP contribution < -0.4 is 27.4 Å². The summed E-state index contributed by atoms with van der Waals surface area (Å²) in [6, 6.07) is 10.0. The van der Waals surface area contributed by atoms with Crippen LogP contribution in [0.15, 0.2) is 64.6 Å². The number of halogens is 4. The first-order chi connectivity index (χ1) is 25.8. The fraction of sp³-hybridized carbons (Fsp3) is 0.421. The van der Waals surface area contributed by atoms with Gasteiger partial charge in [-0.25, -0.2) is 4.98 Å². The van der Waals surface area contributed by atoms with Gasteiger partial charge in [-0.2, -0.15) is 13.2 Å². The Kier molecular flexibility index (Phi) is 14.0. The molecule has 290 valence electrons. The van der Waals surface area contributed by atoms with Crippen LogP contribution in [0.1, 0.15) is 60.1 Å². The lowest BCUT2D eigenvalue weighted by atomic mass is 9.99. The van der Waals surface area contributed by atoms with Crippen molar-refractivity contribution in [2.75, 3.05) is 20.1 Å². The van der Waals surface area contributed by atoms with Gasteiger partial charge in [0.15, 0.2) is 0 Å². The monoisotopic (exact) mass is 786 g/mol. The van der Waals surface area contributed by atoms with E-state index in [9.17, 15) is 27.6 Å². The molecule has 11 nitrogen and oxygen atoms in total. The number of likely N-dealkylation sites (N-methyl/N-ethyl adjacent to an activating group) is 1. The van der Waals surface area contributed by atoms with Crippen molar-refractivity contribution in [2.45, 2.75) is 92.8 Å². The first-order valence-electron chi connectivity index (χ1n) is 17.9. The third kappa shape index (κ3) is 9.74. The molecule has 3 amide bonds. The number of aromatic nitrogens is 2. The molecule has 1 aliphatic heterocycles. The molecule has 0 unspecified atom stereocenters. The minimum absolute atomic E-state index is 0.0364. The van der Waals surface area contributed by atoms with Gasteiger partial charge in [-0.3, -0.25) is 14.4 Å². The zero-order chi connectivity index (χ0) is 39.0. The second kappa shape index (κ2) is 18.5. The normalized spacial score (nSPS) is 19.2. The summed E-state index contributed by atoms with van der Waals surface area (Å²) in [6.07, 6.45) is -1.01. The first kappa shape index (κ1) is 41.0. The number of alkyl halides is 3. The standard InChI is InChI=1S/C38H46ClF3N8O3S/c1-22-25(24-10-3-4-11-29(24)48-22)19-32-35(52)47-21-26-27(38(40,41)42)14-15-28(39)33(26)54-36-23(9-8-18-45-36)20-46-30(13-7-17-44)34(51)49-31(12-5-6-16-43)37(53)50(32)2/h3-4,8-11,14-15,18,30-32,46,48H,5-7,12-13,16-17,19-21,43-44H2,1-2H3,(H,47,52)(H,49,51)/t30-,31-,32-/m0/s1. The summed E-state index contributed by atoms with van der Waals surface area (Å²) in [5.74, 6) is -1.64. The van der Waals surface area contributed by atoms with Crippen molar-refractivity contribution in [3.05, 3.63) is 87.7 Å². The highest BCUT2D eigenvalue weighted by Crippen LogP contribution is 2.43. The lowest BCUT2D eigenvalue weighted by molar-refractivity contribution is -0.142. The van der Waals surface area contributed by atoms with Crippen molar-refractivity contribution in [1.82, 2.24) is 30.8 Å². The van der Waals surface area contributed by atoms with E-state index < -0.39 is 54.1 Å². The molecule has 3 heterocycles. The summed E-state index contributed by atoms with van der Waals surface area (Å²) >= 11 is 7.57. The van der Waals surface area contributed by atoms with E-state index in [-0.39, 0.29) is 34.9 Å². The molecule has 0 radical (unpaired) electrons. The van der Waals surface area contributed by atoms with Crippen LogP contribution >= 0.6 is 23.4 Å². The first-order valence-corrected chi connectivity index (χ1v) is 19.1. The number of nitrogens with two attached hydrogens (primary N) is 2. The number of aromatic amines is 1. The van der Waals surface area contributed by atoms with E-state index in [4.69, 9.17) is 23.1 Å². The third-order valence-electron chi connectivity index (χ3n) is 9.66. The van der Waals surface area contributed by atoms with Crippen LogP contribution in [0.5, 0.6) is 0 Å². The number of nitrogens with one attached hydrogen (secondary N) is 4. The van der Waals surface area contributed by atoms with Crippen LogP contribution in [0.2, 0.25) is 5.02 Å². The van der Waals surface area contributed by atoms with E-state index in [2.05, 4.69) is 25.9 Å². The Hall–Kier alpha value is -4.15. The smallest absolute Gasteiger partial charge is 0.358 e. The van der Waals surface area contributed by atoms with E-state index >= 15 is 0 Å². The zero-order valence-corrected chi connectivity index (χ0v) is 31.8. The lowest BCUT2D eigenvalue weighted by Gasteiger charge is -2.32. The summed E-state index contributed by atoms with van der Waals surface area (Å²) in [4.78, 5) is 51.9. The predicted molar refractivity (Wildman–Crippen MR) is 204 cm³/mol. The second-order valence-electron chi connectivity index (χ2n) is 13.3.